The maximum absolute atomic E-state index is 12.3. The fourth-order valence-electron chi connectivity index (χ4n) is 3.30. The van der Waals surface area contributed by atoms with Crippen LogP contribution in [0.2, 0.25) is 0 Å². The molecule has 3 aromatic heterocycles. The van der Waals surface area contributed by atoms with Crippen LogP contribution in [0.15, 0.2) is 58.3 Å². The normalized spacial score (nSPS) is 20.3. The first kappa shape index (κ1) is 15.6. The molecule has 0 aliphatic heterocycles. The zero-order chi connectivity index (χ0) is 17.1. The van der Waals surface area contributed by atoms with Crippen molar-refractivity contribution < 1.29 is 4.42 Å². The Hall–Kier alpha value is -2.96. The van der Waals surface area contributed by atoms with E-state index in [0.717, 1.165) is 36.9 Å². The number of nitrogens with zero attached hydrogens (tertiary/aromatic N) is 4. The van der Waals surface area contributed by atoms with Gasteiger partial charge in [0, 0.05) is 30.1 Å². The second kappa shape index (κ2) is 6.88. The molecule has 0 spiro atoms. The predicted octanol–water partition coefficient (Wildman–Crippen LogP) is 2.89. The van der Waals surface area contributed by atoms with Gasteiger partial charge in [-0.25, -0.2) is 9.67 Å². The van der Waals surface area contributed by atoms with Gasteiger partial charge in [0.15, 0.2) is 0 Å². The summed E-state index contributed by atoms with van der Waals surface area (Å²) in [5.41, 5.74) is 1.70. The molecule has 1 N–H and O–H groups in total. The van der Waals surface area contributed by atoms with Crippen LogP contribution in [-0.4, -0.2) is 25.8 Å². The number of anilines is 1. The van der Waals surface area contributed by atoms with Gasteiger partial charge in [0.1, 0.15) is 6.26 Å². The third-order valence-corrected chi connectivity index (χ3v) is 4.60. The largest absolute Gasteiger partial charge is 0.432 e. The number of nitrogens with one attached hydrogen (secondary N) is 1. The third-order valence-electron chi connectivity index (χ3n) is 4.60. The molecular weight excluding hydrogens is 318 g/mol. The van der Waals surface area contributed by atoms with Crippen molar-refractivity contribution in [3.63, 3.8) is 0 Å². The van der Waals surface area contributed by atoms with Crippen molar-refractivity contribution in [1.29, 1.82) is 0 Å². The minimum Gasteiger partial charge on any atom is -0.432 e. The molecule has 0 saturated heterocycles. The van der Waals surface area contributed by atoms with Crippen LogP contribution < -0.4 is 10.9 Å². The van der Waals surface area contributed by atoms with Gasteiger partial charge in [-0.2, -0.15) is 5.10 Å². The first-order valence-electron chi connectivity index (χ1n) is 8.46. The van der Waals surface area contributed by atoms with Crippen LogP contribution in [-0.2, 0) is 0 Å². The van der Waals surface area contributed by atoms with Gasteiger partial charge in [-0.05, 0) is 43.9 Å². The molecule has 7 nitrogen and oxygen atoms in total. The second-order valence-electron chi connectivity index (χ2n) is 6.22. The summed E-state index contributed by atoms with van der Waals surface area (Å²) >= 11 is 0. The minimum atomic E-state index is -0.0538. The number of hydrogen-bond acceptors (Lipinski definition) is 6. The first-order chi connectivity index (χ1) is 12.3. The summed E-state index contributed by atoms with van der Waals surface area (Å²) in [5.74, 6) is 0. The molecule has 0 radical (unpaired) electrons. The quantitative estimate of drug-likeness (QED) is 0.788. The predicted molar refractivity (Wildman–Crippen MR) is 93.1 cm³/mol. The van der Waals surface area contributed by atoms with Gasteiger partial charge in [0.25, 0.3) is 11.6 Å². The van der Waals surface area contributed by atoms with Gasteiger partial charge in [-0.1, -0.05) is 0 Å². The lowest BCUT2D eigenvalue weighted by molar-refractivity contribution is 0.302. The summed E-state index contributed by atoms with van der Waals surface area (Å²) in [6.07, 6.45) is 10.3. The molecule has 1 aliphatic rings. The van der Waals surface area contributed by atoms with Crippen LogP contribution in [0.4, 0.5) is 6.01 Å². The highest BCUT2D eigenvalue weighted by atomic mass is 16.4. The van der Waals surface area contributed by atoms with Crippen LogP contribution >= 0.6 is 0 Å². The lowest BCUT2D eigenvalue weighted by Crippen LogP contribution is -2.33. The smallest absolute Gasteiger partial charge is 0.294 e. The Kier molecular flexibility index (Phi) is 4.28. The molecular formula is C18H19N5O2. The van der Waals surface area contributed by atoms with E-state index in [0.29, 0.717) is 12.1 Å². The highest BCUT2D eigenvalue weighted by Gasteiger charge is 2.24. The third kappa shape index (κ3) is 3.45. The highest BCUT2D eigenvalue weighted by molar-refractivity contribution is 5.57. The van der Waals surface area contributed by atoms with E-state index in [1.165, 1.54) is 0 Å². The molecule has 1 saturated carbocycles. The zero-order valence-corrected chi connectivity index (χ0v) is 13.7. The van der Waals surface area contributed by atoms with Crippen LogP contribution in [0.1, 0.15) is 31.7 Å². The summed E-state index contributed by atoms with van der Waals surface area (Å²) in [4.78, 5) is 20.4. The van der Waals surface area contributed by atoms with Crippen molar-refractivity contribution in [2.75, 3.05) is 5.32 Å². The number of oxazole rings is 1. The van der Waals surface area contributed by atoms with E-state index in [1.807, 2.05) is 12.1 Å². The van der Waals surface area contributed by atoms with Crippen molar-refractivity contribution in [3.8, 4) is 11.3 Å². The summed E-state index contributed by atoms with van der Waals surface area (Å²) in [7, 11) is 0. The SMILES string of the molecule is O=c1ccc(-c2ccncc2)nn1C1CCC(Nc2ncco2)CC1. The molecule has 4 rings (SSSR count). The molecule has 3 heterocycles. The summed E-state index contributed by atoms with van der Waals surface area (Å²) in [5, 5.41) is 7.88. The van der Waals surface area contributed by atoms with E-state index < -0.39 is 0 Å². The lowest BCUT2D eigenvalue weighted by atomic mass is 9.91. The summed E-state index contributed by atoms with van der Waals surface area (Å²) in [6, 6.07) is 8.15. The number of rotatable bonds is 4. The van der Waals surface area contributed by atoms with E-state index in [-0.39, 0.29) is 11.6 Å². The Morgan fingerprint density at radius 2 is 1.84 bits per heavy atom. The zero-order valence-electron chi connectivity index (χ0n) is 13.7. The first-order valence-corrected chi connectivity index (χ1v) is 8.46. The molecule has 3 aromatic rings. The Bertz CT molecular complexity index is 868. The molecule has 0 bridgehead atoms. The van der Waals surface area contributed by atoms with Crippen LogP contribution in [0.3, 0.4) is 0 Å². The Labute approximate surface area is 144 Å². The van der Waals surface area contributed by atoms with Crippen molar-refractivity contribution in [2.45, 2.75) is 37.8 Å². The number of pyridine rings is 1. The van der Waals surface area contributed by atoms with Gasteiger partial charge < -0.3 is 9.73 Å². The van der Waals surface area contributed by atoms with Gasteiger partial charge in [0.2, 0.25) is 0 Å². The van der Waals surface area contributed by atoms with Crippen molar-refractivity contribution in [3.05, 3.63) is 59.5 Å². The fourth-order valence-corrected chi connectivity index (χ4v) is 3.30. The molecule has 0 amide bonds. The van der Waals surface area contributed by atoms with E-state index in [9.17, 15) is 4.79 Å². The van der Waals surface area contributed by atoms with Gasteiger partial charge >= 0.3 is 0 Å². The topological polar surface area (TPSA) is 85.8 Å². The summed E-state index contributed by atoms with van der Waals surface area (Å²) in [6.45, 7) is 0. The van der Waals surface area contributed by atoms with Crippen molar-refractivity contribution in [1.82, 2.24) is 19.7 Å². The van der Waals surface area contributed by atoms with Crippen LogP contribution in [0.5, 0.6) is 0 Å². The van der Waals surface area contributed by atoms with E-state index in [4.69, 9.17) is 4.42 Å². The molecule has 0 atom stereocenters. The lowest BCUT2D eigenvalue weighted by Gasteiger charge is -2.29. The second-order valence-corrected chi connectivity index (χ2v) is 6.22. The molecule has 25 heavy (non-hydrogen) atoms. The van der Waals surface area contributed by atoms with E-state index in [2.05, 4.69) is 20.4 Å². The van der Waals surface area contributed by atoms with E-state index >= 15 is 0 Å². The monoisotopic (exact) mass is 337 g/mol. The maximum atomic E-state index is 12.3. The van der Waals surface area contributed by atoms with Crippen LogP contribution in [0, 0.1) is 0 Å². The van der Waals surface area contributed by atoms with Gasteiger partial charge in [-0.15, -0.1) is 0 Å². The van der Waals surface area contributed by atoms with Crippen molar-refractivity contribution in [2.24, 2.45) is 0 Å². The van der Waals surface area contributed by atoms with E-state index in [1.54, 1.807) is 41.7 Å². The maximum Gasteiger partial charge on any atom is 0.294 e. The molecule has 128 valence electrons. The van der Waals surface area contributed by atoms with Gasteiger partial charge in [0.05, 0.1) is 17.9 Å². The highest BCUT2D eigenvalue weighted by Crippen LogP contribution is 2.29. The molecule has 7 heteroatoms. The molecule has 0 unspecified atom stereocenters. The Morgan fingerprint density at radius 3 is 2.56 bits per heavy atom. The molecule has 1 aliphatic carbocycles. The molecule has 1 fully saturated rings. The molecule has 0 aromatic carbocycles. The van der Waals surface area contributed by atoms with Crippen molar-refractivity contribution >= 4 is 6.01 Å². The van der Waals surface area contributed by atoms with Crippen LogP contribution in [0.25, 0.3) is 11.3 Å². The minimum absolute atomic E-state index is 0.0538. The Morgan fingerprint density at radius 1 is 1.04 bits per heavy atom. The summed E-state index contributed by atoms with van der Waals surface area (Å²) < 4.78 is 6.87. The average molecular weight is 337 g/mol. The fraction of sp³-hybridized carbons (Fsp3) is 0.333. The van der Waals surface area contributed by atoms with Gasteiger partial charge in [-0.3, -0.25) is 9.78 Å². The standard InChI is InChI=1S/C18H19N5O2/c24-17-6-5-16(13-7-9-19-10-8-13)22-23(17)15-3-1-14(2-4-15)21-18-20-11-12-25-18/h5-12,14-15H,1-4H2,(H,20,21). The number of aromatic nitrogens is 4. The average Bonchev–Trinajstić information content (AvgIpc) is 3.17. The number of hydrogen-bond donors (Lipinski definition) is 1. The Balaban J connectivity index is 1.48.